The van der Waals surface area contributed by atoms with Crippen molar-refractivity contribution in [1.29, 1.82) is 0 Å². The molecule has 1 fully saturated rings. The van der Waals surface area contributed by atoms with Crippen LogP contribution in [-0.4, -0.2) is 71.7 Å². The molecule has 2 aromatic rings. The lowest BCUT2D eigenvalue weighted by Crippen LogP contribution is -2.49. The van der Waals surface area contributed by atoms with Crippen molar-refractivity contribution in [3.8, 4) is 0 Å². The third-order valence-electron chi connectivity index (χ3n) is 6.58. The number of fused-ring (bicyclic) bond motifs is 1. The molecule has 2 aliphatic rings. The van der Waals surface area contributed by atoms with Crippen LogP contribution < -0.4 is 4.90 Å². The van der Waals surface area contributed by atoms with Gasteiger partial charge in [0.05, 0.1) is 29.1 Å². The van der Waals surface area contributed by atoms with Crippen molar-refractivity contribution < 1.29 is 23.1 Å². The molecule has 0 spiro atoms. The van der Waals surface area contributed by atoms with Crippen molar-refractivity contribution in [2.45, 2.75) is 32.5 Å². The Morgan fingerprint density at radius 1 is 1.18 bits per heavy atom. The number of hydrogen-bond acceptors (Lipinski definition) is 5. The Hall–Kier alpha value is -2.36. The van der Waals surface area contributed by atoms with E-state index in [1.807, 2.05) is 11.8 Å². The van der Waals surface area contributed by atoms with Gasteiger partial charge in [0.15, 0.2) is 0 Å². The monoisotopic (exact) mass is 496 g/mol. The lowest BCUT2D eigenvalue weighted by Gasteiger charge is -2.36. The van der Waals surface area contributed by atoms with Crippen LogP contribution in [0.5, 0.6) is 0 Å². The number of pyridine rings is 1. The van der Waals surface area contributed by atoms with E-state index >= 15 is 0 Å². The van der Waals surface area contributed by atoms with Crippen LogP contribution >= 0.6 is 11.6 Å². The topological polar surface area (TPSA) is 59.9 Å². The smallest absolute Gasteiger partial charge is 0.395 e. The van der Waals surface area contributed by atoms with Crippen LogP contribution in [0.15, 0.2) is 24.4 Å². The molecule has 1 aromatic heterocycles. The average molecular weight is 497 g/mol. The van der Waals surface area contributed by atoms with Crippen molar-refractivity contribution in [3.63, 3.8) is 0 Å². The molecule has 1 saturated heterocycles. The van der Waals surface area contributed by atoms with Gasteiger partial charge in [-0.1, -0.05) is 11.6 Å². The van der Waals surface area contributed by atoms with Gasteiger partial charge in [-0.05, 0) is 49.1 Å². The minimum atomic E-state index is -4.48. The summed E-state index contributed by atoms with van der Waals surface area (Å²) >= 11 is 6.03. The highest BCUT2D eigenvalue weighted by molar-refractivity contribution is 6.30. The van der Waals surface area contributed by atoms with Gasteiger partial charge in [-0.3, -0.25) is 14.7 Å². The molecule has 2 aliphatic heterocycles. The maximum Gasteiger partial charge on any atom is 0.416 e. The Morgan fingerprint density at radius 3 is 2.59 bits per heavy atom. The molecule has 0 unspecified atom stereocenters. The van der Waals surface area contributed by atoms with Gasteiger partial charge in [0.25, 0.3) is 5.91 Å². The molecule has 3 heterocycles. The zero-order valence-electron chi connectivity index (χ0n) is 19.0. The Balaban J connectivity index is 1.62. The van der Waals surface area contributed by atoms with Crippen molar-refractivity contribution >= 4 is 23.2 Å². The Morgan fingerprint density at radius 2 is 1.91 bits per heavy atom. The number of aliphatic hydroxyl groups is 1. The third kappa shape index (κ3) is 5.16. The molecule has 10 heteroatoms. The van der Waals surface area contributed by atoms with E-state index in [4.69, 9.17) is 16.7 Å². The molecule has 0 atom stereocenters. The van der Waals surface area contributed by atoms with Gasteiger partial charge in [0.2, 0.25) is 0 Å². The van der Waals surface area contributed by atoms with Gasteiger partial charge in [-0.25, -0.2) is 0 Å². The fourth-order valence-corrected chi connectivity index (χ4v) is 5.03. The molecule has 0 radical (unpaired) electrons. The van der Waals surface area contributed by atoms with E-state index in [2.05, 4.69) is 9.88 Å². The molecule has 0 aliphatic carbocycles. The molecular weight excluding hydrogens is 469 g/mol. The largest absolute Gasteiger partial charge is 0.416 e. The lowest BCUT2D eigenvalue weighted by molar-refractivity contribution is -0.138. The van der Waals surface area contributed by atoms with E-state index in [-0.39, 0.29) is 29.6 Å². The molecule has 1 N–H and O–H groups in total. The van der Waals surface area contributed by atoms with Gasteiger partial charge in [0, 0.05) is 57.0 Å². The number of piperazine rings is 1. The van der Waals surface area contributed by atoms with Crippen molar-refractivity contribution in [2.24, 2.45) is 0 Å². The molecule has 0 saturated carbocycles. The zero-order chi connectivity index (χ0) is 24.5. The zero-order valence-corrected chi connectivity index (χ0v) is 19.8. The maximum absolute atomic E-state index is 13.6. The number of anilines is 1. The normalized spacial score (nSPS) is 17.1. The Bertz CT molecular complexity index is 1060. The molecule has 34 heavy (non-hydrogen) atoms. The number of carbonyl (C=O) groups excluding carboxylic acids is 1. The second-order valence-corrected chi connectivity index (χ2v) is 9.21. The molecule has 4 rings (SSSR count). The van der Waals surface area contributed by atoms with Crippen molar-refractivity contribution in [2.75, 3.05) is 50.8 Å². The number of carbonyl (C=O) groups is 1. The fraction of sp³-hybridized carbons (Fsp3) is 0.500. The number of halogens is 4. The first-order valence-corrected chi connectivity index (χ1v) is 11.8. The number of aromatic nitrogens is 1. The summed E-state index contributed by atoms with van der Waals surface area (Å²) in [6, 6.07) is 3.63. The van der Waals surface area contributed by atoms with Crippen LogP contribution in [0.3, 0.4) is 0 Å². The number of amides is 1. The Kier molecular flexibility index (Phi) is 7.35. The first-order chi connectivity index (χ1) is 16.2. The predicted molar refractivity (Wildman–Crippen MR) is 124 cm³/mol. The summed E-state index contributed by atoms with van der Waals surface area (Å²) < 4.78 is 40.9. The number of aryl methyl sites for hydroxylation is 1. The first kappa shape index (κ1) is 24.8. The molecule has 1 amide bonds. The molecule has 0 bridgehead atoms. The number of benzene rings is 1. The van der Waals surface area contributed by atoms with Crippen LogP contribution in [0.4, 0.5) is 18.9 Å². The van der Waals surface area contributed by atoms with Crippen LogP contribution in [0.2, 0.25) is 5.02 Å². The van der Waals surface area contributed by atoms with Gasteiger partial charge >= 0.3 is 6.18 Å². The number of alkyl halides is 3. The second kappa shape index (κ2) is 10.1. The molecule has 6 nitrogen and oxygen atoms in total. The highest BCUT2D eigenvalue weighted by Gasteiger charge is 2.35. The summed E-state index contributed by atoms with van der Waals surface area (Å²) in [5.74, 6) is -0.124. The van der Waals surface area contributed by atoms with E-state index < -0.39 is 11.7 Å². The molecule has 184 valence electrons. The van der Waals surface area contributed by atoms with Crippen LogP contribution in [0.25, 0.3) is 0 Å². The second-order valence-electron chi connectivity index (χ2n) is 8.77. The van der Waals surface area contributed by atoms with Gasteiger partial charge in [-0.2, -0.15) is 13.2 Å². The number of hydrogen-bond donors (Lipinski definition) is 1. The lowest BCUT2D eigenvalue weighted by atomic mass is 9.98. The SMILES string of the molecule is Cc1c(C(=O)N2CCN(CCO)CC2)cnc2c1N(Cc1cc(Cl)ccc1C(F)(F)F)CCC2. The molecule has 1 aromatic carbocycles. The van der Waals surface area contributed by atoms with Gasteiger partial charge in [-0.15, -0.1) is 0 Å². The van der Waals surface area contributed by atoms with E-state index in [1.54, 1.807) is 11.1 Å². The summed E-state index contributed by atoms with van der Waals surface area (Å²) in [5.41, 5.74) is 2.14. The first-order valence-electron chi connectivity index (χ1n) is 11.4. The summed E-state index contributed by atoms with van der Waals surface area (Å²) in [6.07, 6.45) is -1.41. The average Bonchev–Trinajstić information content (AvgIpc) is 2.79. The summed E-state index contributed by atoms with van der Waals surface area (Å²) in [4.78, 5) is 23.6. The van der Waals surface area contributed by atoms with Crippen LogP contribution in [-0.2, 0) is 19.1 Å². The number of rotatable bonds is 5. The number of β-amino-alcohol motifs (C(OH)–C–C–N with tert-alkyl or cyclic N) is 1. The minimum Gasteiger partial charge on any atom is -0.395 e. The van der Waals surface area contributed by atoms with Gasteiger partial charge in [0.1, 0.15) is 0 Å². The maximum atomic E-state index is 13.6. The number of nitrogens with zero attached hydrogens (tertiary/aromatic N) is 4. The standard InChI is InChI=1S/C24H28ClF3N4O2/c1-16-19(23(34)31-9-7-30(8-10-31)11-12-33)14-29-21-3-2-6-32(22(16)21)15-17-13-18(25)4-5-20(17)24(26,27)28/h4-5,13-14,33H,2-3,6-12,15H2,1H3. The van der Waals surface area contributed by atoms with Gasteiger partial charge < -0.3 is 14.9 Å². The Labute approximate surface area is 201 Å². The van der Waals surface area contributed by atoms with Crippen LogP contribution in [0, 0.1) is 6.92 Å². The quantitative estimate of drug-likeness (QED) is 0.683. The van der Waals surface area contributed by atoms with E-state index in [9.17, 15) is 18.0 Å². The third-order valence-corrected chi connectivity index (χ3v) is 6.82. The van der Waals surface area contributed by atoms with Crippen molar-refractivity contribution in [3.05, 3.63) is 57.4 Å². The minimum absolute atomic E-state index is 0.0302. The summed E-state index contributed by atoms with van der Waals surface area (Å²) in [7, 11) is 0. The van der Waals surface area contributed by atoms with E-state index in [0.717, 1.165) is 29.4 Å². The highest BCUT2D eigenvalue weighted by Crippen LogP contribution is 2.37. The highest BCUT2D eigenvalue weighted by atomic mass is 35.5. The van der Waals surface area contributed by atoms with Crippen LogP contribution in [0.1, 0.15) is 39.2 Å². The van der Waals surface area contributed by atoms with E-state index in [0.29, 0.717) is 51.3 Å². The predicted octanol–water partition coefficient (Wildman–Crippen LogP) is 3.77. The summed E-state index contributed by atoms with van der Waals surface area (Å²) in [6.45, 7) is 5.58. The molecular formula is C24H28ClF3N4O2. The van der Waals surface area contributed by atoms with E-state index in [1.165, 1.54) is 12.1 Å². The van der Waals surface area contributed by atoms with Crippen molar-refractivity contribution in [1.82, 2.24) is 14.8 Å². The fourth-order valence-electron chi connectivity index (χ4n) is 4.83. The summed E-state index contributed by atoms with van der Waals surface area (Å²) in [5, 5.41) is 9.37. The number of aliphatic hydroxyl groups excluding tert-OH is 1.